The number of aromatic nitrogens is 1. The predicted octanol–water partition coefficient (Wildman–Crippen LogP) is 3.79. The Bertz CT molecular complexity index is 643. The molecular weight excluding hydrogens is 268 g/mol. The van der Waals surface area contributed by atoms with E-state index in [2.05, 4.69) is 4.98 Å². The van der Waals surface area contributed by atoms with E-state index in [9.17, 15) is 0 Å². The van der Waals surface area contributed by atoms with Crippen molar-refractivity contribution in [3.8, 4) is 0 Å². The summed E-state index contributed by atoms with van der Waals surface area (Å²) in [4.78, 5) is 5.45. The molecular formula is C13H11ClN2OS. The van der Waals surface area contributed by atoms with Gasteiger partial charge in [0.2, 0.25) is 0 Å². The van der Waals surface area contributed by atoms with Crippen LogP contribution >= 0.6 is 22.9 Å². The van der Waals surface area contributed by atoms with Crippen molar-refractivity contribution in [2.24, 2.45) is 5.73 Å². The molecule has 0 saturated heterocycles. The van der Waals surface area contributed by atoms with E-state index in [4.69, 9.17) is 21.8 Å². The van der Waals surface area contributed by atoms with Gasteiger partial charge in [0.25, 0.3) is 0 Å². The summed E-state index contributed by atoms with van der Waals surface area (Å²) in [5, 5.41) is 0. The van der Waals surface area contributed by atoms with Crippen molar-refractivity contribution in [1.29, 1.82) is 0 Å². The van der Waals surface area contributed by atoms with Crippen molar-refractivity contribution in [3.05, 3.63) is 51.5 Å². The average Bonchev–Trinajstić information content (AvgIpc) is 2.94. The number of thiophene rings is 1. The third kappa shape index (κ3) is 2.27. The topological polar surface area (TPSA) is 52.0 Å². The van der Waals surface area contributed by atoms with E-state index in [-0.39, 0.29) is 6.04 Å². The van der Waals surface area contributed by atoms with Gasteiger partial charge in [-0.2, -0.15) is 0 Å². The number of hydrogen-bond acceptors (Lipinski definition) is 4. The normalized spacial score (nSPS) is 13.0. The van der Waals surface area contributed by atoms with Crippen LogP contribution in [0.2, 0.25) is 4.34 Å². The monoisotopic (exact) mass is 278 g/mol. The summed E-state index contributed by atoms with van der Waals surface area (Å²) in [6.07, 6.45) is 0.575. The molecule has 0 amide bonds. The molecule has 1 aromatic carbocycles. The molecule has 1 atom stereocenters. The Kier molecular flexibility index (Phi) is 3.07. The smallest absolute Gasteiger partial charge is 0.197 e. The second-order valence-electron chi connectivity index (χ2n) is 4.03. The maximum atomic E-state index is 6.11. The van der Waals surface area contributed by atoms with Crippen LogP contribution in [-0.2, 0) is 6.42 Å². The predicted molar refractivity (Wildman–Crippen MR) is 74.0 cm³/mol. The number of benzene rings is 1. The van der Waals surface area contributed by atoms with Gasteiger partial charge in [0.1, 0.15) is 5.52 Å². The Morgan fingerprint density at radius 3 is 2.83 bits per heavy atom. The summed E-state index contributed by atoms with van der Waals surface area (Å²) >= 11 is 7.39. The average molecular weight is 279 g/mol. The van der Waals surface area contributed by atoms with E-state index >= 15 is 0 Å². The van der Waals surface area contributed by atoms with Crippen molar-refractivity contribution in [2.75, 3.05) is 0 Å². The van der Waals surface area contributed by atoms with Crippen molar-refractivity contribution in [2.45, 2.75) is 12.5 Å². The van der Waals surface area contributed by atoms with E-state index < -0.39 is 0 Å². The lowest BCUT2D eigenvalue weighted by Gasteiger charge is -2.05. The molecule has 18 heavy (non-hydrogen) atoms. The molecule has 3 aromatic rings. The maximum Gasteiger partial charge on any atom is 0.197 e. The van der Waals surface area contributed by atoms with Gasteiger partial charge in [-0.1, -0.05) is 23.7 Å². The van der Waals surface area contributed by atoms with Crippen LogP contribution in [0.5, 0.6) is 0 Å². The van der Waals surface area contributed by atoms with Crippen LogP contribution in [0.15, 0.2) is 40.8 Å². The number of rotatable bonds is 3. The van der Waals surface area contributed by atoms with Crippen LogP contribution in [0.4, 0.5) is 0 Å². The first-order chi connectivity index (χ1) is 8.72. The fourth-order valence-corrected chi connectivity index (χ4v) is 2.89. The zero-order chi connectivity index (χ0) is 12.5. The van der Waals surface area contributed by atoms with Crippen molar-refractivity contribution < 1.29 is 4.42 Å². The van der Waals surface area contributed by atoms with Crippen molar-refractivity contribution in [3.63, 3.8) is 0 Å². The molecule has 2 N–H and O–H groups in total. The molecule has 0 aliphatic rings. The van der Waals surface area contributed by atoms with Gasteiger partial charge in [0, 0.05) is 17.3 Å². The molecule has 3 rings (SSSR count). The largest absolute Gasteiger partial charge is 0.441 e. The number of fused-ring (bicyclic) bond motifs is 1. The number of hydrogen-bond donors (Lipinski definition) is 1. The number of nitrogens with two attached hydrogens (primary N) is 1. The number of oxazole rings is 1. The Morgan fingerprint density at radius 1 is 1.28 bits per heavy atom. The van der Waals surface area contributed by atoms with Gasteiger partial charge in [0.15, 0.2) is 11.5 Å². The van der Waals surface area contributed by atoms with Gasteiger partial charge in [-0.3, -0.25) is 0 Å². The Hall–Kier alpha value is -1.36. The molecule has 0 aliphatic carbocycles. The summed E-state index contributed by atoms with van der Waals surface area (Å²) in [5.74, 6) is 0.660. The van der Waals surface area contributed by atoms with E-state index in [0.29, 0.717) is 12.3 Å². The second-order valence-corrected chi connectivity index (χ2v) is 5.77. The molecule has 92 valence electrons. The van der Waals surface area contributed by atoms with Crippen LogP contribution in [0.3, 0.4) is 0 Å². The van der Waals surface area contributed by atoms with Gasteiger partial charge in [-0.05, 0) is 24.3 Å². The third-order valence-electron chi connectivity index (χ3n) is 2.69. The van der Waals surface area contributed by atoms with Crippen LogP contribution < -0.4 is 5.73 Å². The Morgan fingerprint density at radius 2 is 2.11 bits per heavy atom. The molecule has 0 spiro atoms. The van der Waals surface area contributed by atoms with E-state index in [0.717, 1.165) is 20.3 Å². The molecule has 3 nitrogen and oxygen atoms in total. The van der Waals surface area contributed by atoms with E-state index in [1.165, 1.54) is 11.3 Å². The quantitative estimate of drug-likeness (QED) is 0.793. The highest BCUT2D eigenvalue weighted by atomic mass is 35.5. The van der Waals surface area contributed by atoms with Gasteiger partial charge < -0.3 is 10.2 Å². The highest BCUT2D eigenvalue weighted by Crippen LogP contribution is 2.28. The standard InChI is InChI=1S/C13H11ClN2OS/c14-12-6-5-11(18-12)8(15)7-13-16-9-3-1-2-4-10(9)17-13/h1-6,8H,7,15H2. The first-order valence-electron chi connectivity index (χ1n) is 5.57. The molecule has 0 bridgehead atoms. The maximum absolute atomic E-state index is 6.11. The summed E-state index contributed by atoms with van der Waals surface area (Å²) in [5.41, 5.74) is 7.77. The number of halogens is 1. The zero-order valence-corrected chi connectivity index (χ0v) is 11.0. The minimum absolute atomic E-state index is 0.129. The summed E-state index contributed by atoms with van der Waals surface area (Å²) in [7, 11) is 0. The number of para-hydroxylation sites is 2. The number of nitrogens with zero attached hydrogens (tertiary/aromatic N) is 1. The van der Waals surface area contributed by atoms with Gasteiger partial charge in [-0.25, -0.2) is 4.98 Å². The molecule has 0 saturated carbocycles. The minimum Gasteiger partial charge on any atom is -0.441 e. The highest BCUT2D eigenvalue weighted by molar-refractivity contribution is 7.16. The molecule has 0 radical (unpaired) electrons. The van der Waals surface area contributed by atoms with Crippen LogP contribution in [0, 0.1) is 0 Å². The van der Waals surface area contributed by atoms with Crippen LogP contribution in [-0.4, -0.2) is 4.98 Å². The minimum atomic E-state index is -0.129. The third-order valence-corrected chi connectivity index (χ3v) is 4.06. The lowest BCUT2D eigenvalue weighted by molar-refractivity contribution is 0.504. The highest BCUT2D eigenvalue weighted by Gasteiger charge is 2.13. The van der Waals surface area contributed by atoms with Crippen LogP contribution in [0.25, 0.3) is 11.1 Å². The van der Waals surface area contributed by atoms with Crippen molar-refractivity contribution >= 4 is 34.0 Å². The molecule has 0 aliphatic heterocycles. The fourth-order valence-electron chi connectivity index (χ4n) is 1.82. The first kappa shape index (κ1) is 11.7. The van der Waals surface area contributed by atoms with Gasteiger partial charge >= 0.3 is 0 Å². The zero-order valence-electron chi connectivity index (χ0n) is 9.47. The summed E-state index contributed by atoms with van der Waals surface area (Å²) < 4.78 is 6.40. The lowest BCUT2D eigenvalue weighted by Crippen LogP contribution is -2.11. The fraction of sp³-hybridized carbons (Fsp3) is 0.154. The summed E-state index contributed by atoms with van der Waals surface area (Å²) in [6.45, 7) is 0. The van der Waals surface area contributed by atoms with Crippen LogP contribution in [0.1, 0.15) is 16.8 Å². The molecule has 1 unspecified atom stereocenters. The molecule has 5 heteroatoms. The summed E-state index contributed by atoms with van der Waals surface area (Å²) in [6, 6.07) is 11.4. The van der Waals surface area contributed by atoms with E-state index in [1.54, 1.807) is 0 Å². The van der Waals surface area contributed by atoms with Gasteiger partial charge in [0.05, 0.1) is 4.34 Å². The molecule has 2 aromatic heterocycles. The van der Waals surface area contributed by atoms with E-state index in [1.807, 2.05) is 36.4 Å². The van der Waals surface area contributed by atoms with Gasteiger partial charge in [-0.15, -0.1) is 11.3 Å². The first-order valence-corrected chi connectivity index (χ1v) is 6.77. The molecule has 0 fully saturated rings. The Balaban J connectivity index is 1.83. The molecule has 2 heterocycles. The Labute approximate surface area is 113 Å². The lowest BCUT2D eigenvalue weighted by atomic mass is 10.2. The van der Waals surface area contributed by atoms with Crippen molar-refractivity contribution in [1.82, 2.24) is 4.98 Å². The second kappa shape index (κ2) is 4.72. The SMILES string of the molecule is NC(Cc1nc2ccccc2o1)c1ccc(Cl)s1.